The van der Waals surface area contributed by atoms with Crippen LogP contribution in [0.4, 0.5) is 5.69 Å². The molecule has 0 aliphatic heterocycles. The van der Waals surface area contributed by atoms with Crippen molar-refractivity contribution in [1.82, 2.24) is 9.59 Å². The second-order valence-corrected chi connectivity index (χ2v) is 6.17. The van der Waals surface area contributed by atoms with Crippen molar-refractivity contribution in [3.63, 3.8) is 0 Å². The maximum absolute atomic E-state index is 12.7. The number of benzene rings is 2. The maximum Gasteiger partial charge on any atom is 0.269 e. The van der Waals surface area contributed by atoms with E-state index in [9.17, 15) is 4.79 Å². The molecule has 0 saturated heterocycles. The van der Waals surface area contributed by atoms with Crippen LogP contribution in [0.15, 0.2) is 42.5 Å². The number of amides is 1. The van der Waals surface area contributed by atoms with Crippen LogP contribution in [0.5, 0.6) is 11.5 Å². The monoisotopic (exact) mass is 375 g/mol. The van der Waals surface area contributed by atoms with Crippen LogP contribution in [-0.2, 0) is 0 Å². The van der Waals surface area contributed by atoms with E-state index in [1.807, 2.05) is 0 Å². The van der Waals surface area contributed by atoms with E-state index in [0.717, 1.165) is 17.1 Å². The van der Waals surface area contributed by atoms with Crippen LogP contribution in [0.3, 0.4) is 0 Å². The largest absolute Gasteiger partial charge is 0.497 e. The maximum atomic E-state index is 12.7. The predicted molar refractivity (Wildman–Crippen MR) is 97.9 cm³/mol. The molecule has 1 N–H and O–H groups in total. The van der Waals surface area contributed by atoms with Crippen molar-refractivity contribution in [2.45, 2.75) is 0 Å². The first-order chi connectivity index (χ1) is 12.1. The van der Waals surface area contributed by atoms with Crippen molar-refractivity contribution < 1.29 is 14.3 Å². The lowest BCUT2D eigenvalue weighted by atomic mass is 10.1. The van der Waals surface area contributed by atoms with Gasteiger partial charge in [-0.05, 0) is 35.8 Å². The van der Waals surface area contributed by atoms with E-state index in [0.29, 0.717) is 32.8 Å². The lowest BCUT2D eigenvalue weighted by Crippen LogP contribution is -2.12. The quantitative estimate of drug-likeness (QED) is 0.725. The molecule has 2 aromatic carbocycles. The summed E-state index contributed by atoms with van der Waals surface area (Å²) in [6.07, 6.45) is 0. The average molecular weight is 376 g/mol. The lowest BCUT2D eigenvalue weighted by molar-refractivity contribution is 0.103. The summed E-state index contributed by atoms with van der Waals surface area (Å²) in [4.78, 5) is 13.1. The Morgan fingerprint density at radius 3 is 2.56 bits per heavy atom. The van der Waals surface area contributed by atoms with Gasteiger partial charge in [-0.25, -0.2) is 0 Å². The standard InChI is InChI=1S/C17H14ClN3O3S/c1-23-12-7-8-13(14(9-12)24-2)19-17(22)16-15(20-21-25-16)10-3-5-11(18)6-4-10/h3-9H,1-2H3,(H,19,22). The van der Waals surface area contributed by atoms with Crippen molar-refractivity contribution >= 4 is 34.7 Å². The molecule has 0 saturated carbocycles. The number of ether oxygens (including phenoxy) is 2. The normalized spacial score (nSPS) is 10.4. The molecule has 0 aliphatic rings. The number of halogens is 1. The smallest absolute Gasteiger partial charge is 0.269 e. The summed E-state index contributed by atoms with van der Waals surface area (Å²) in [6, 6.07) is 12.2. The average Bonchev–Trinajstić information content (AvgIpc) is 3.12. The first kappa shape index (κ1) is 17.2. The SMILES string of the molecule is COc1ccc(NC(=O)c2snnc2-c2ccc(Cl)cc2)c(OC)c1. The van der Waals surface area contributed by atoms with E-state index < -0.39 is 0 Å². The second-order valence-electron chi connectivity index (χ2n) is 4.98. The van der Waals surface area contributed by atoms with Crippen molar-refractivity contribution in [2.24, 2.45) is 0 Å². The van der Waals surface area contributed by atoms with Crippen LogP contribution in [-0.4, -0.2) is 29.7 Å². The number of anilines is 1. The highest BCUT2D eigenvalue weighted by Crippen LogP contribution is 2.31. The number of methoxy groups -OCH3 is 2. The zero-order valence-electron chi connectivity index (χ0n) is 13.4. The third-order valence-electron chi connectivity index (χ3n) is 3.47. The zero-order valence-corrected chi connectivity index (χ0v) is 15.0. The first-order valence-electron chi connectivity index (χ1n) is 7.24. The second kappa shape index (κ2) is 7.50. The number of hydrogen-bond donors (Lipinski definition) is 1. The molecular formula is C17H14ClN3O3S. The fourth-order valence-electron chi connectivity index (χ4n) is 2.22. The number of carbonyl (C=O) groups is 1. The lowest BCUT2D eigenvalue weighted by Gasteiger charge is -2.11. The van der Waals surface area contributed by atoms with Gasteiger partial charge in [0.15, 0.2) is 0 Å². The van der Waals surface area contributed by atoms with Crippen LogP contribution in [0.2, 0.25) is 5.02 Å². The highest BCUT2D eigenvalue weighted by Gasteiger charge is 2.19. The minimum Gasteiger partial charge on any atom is -0.497 e. The van der Waals surface area contributed by atoms with E-state index >= 15 is 0 Å². The molecule has 0 radical (unpaired) electrons. The summed E-state index contributed by atoms with van der Waals surface area (Å²) in [7, 11) is 3.09. The Balaban J connectivity index is 1.88. The van der Waals surface area contributed by atoms with Gasteiger partial charge in [0.1, 0.15) is 22.1 Å². The molecule has 3 aromatic rings. The number of hydrogen-bond acceptors (Lipinski definition) is 6. The Labute approximate surface area is 153 Å². The topological polar surface area (TPSA) is 73.3 Å². The molecule has 0 unspecified atom stereocenters. The molecule has 0 spiro atoms. The third kappa shape index (κ3) is 3.72. The summed E-state index contributed by atoms with van der Waals surface area (Å²) in [5.74, 6) is 0.817. The van der Waals surface area contributed by atoms with Crippen LogP contribution in [0, 0.1) is 0 Å². The third-order valence-corrected chi connectivity index (χ3v) is 4.45. The number of carbonyl (C=O) groups excluding carboxylic acids is 1. The molecule has 25 heavy (non-hydrogen) atoms. The van der Waals surface area contributed by atoms with Gasteiger partial charge in [-0.1, -0.05) is 28.2 Å². The van der Waals surface area contributed by atoms with Crippen molar-refractivity contribution in [3.8, 4) is 22.8 Å². The minimum atomic E-state index is -0.316. The van der Waals surface area contributed by atoms with Gasteiger partial charge in [0.2, 0.25) is 0 Å². The van der Waals surface area contributed by atoms with E-state index in [1.165, 1.54) is 7.11 Å². The number of nitrogens with zero attached hydrogens (tertiary/aromatic N) is 2. The van der Waals surface area contributed by atoms with E-state index in [2.05, 4.69) is 14.9 Å². The number of nitrogens with one attached hydrogen (secondary N) is 1. The molecule has 1 heterocycles. The number of aromatic nitrogens is 2. The van der Waals surface area contributed by atoms with E-state index in [-0.39, 0.29) is 5.91 Å². The van der Waals surface area contributed by atoms with E-state index in [1.54, 1.807) is 49.6 Å². The van der Waals surface area contributed by atoms with Crippen LogP contribution < -0.4 is 14.8 Å². The summed E-state index contributed by atoms with van der Waals surface area (Å²) >= 11 is 6.93. The Hall–Kier alpha value is -2.64. The molecule has 8 heteroatoms. The molecule has 0 atom stereocenters. The number of rotatable bonds is 5. The van der Waals surface area contributed by atoms with Gasteiger partial charge in [-0.3, -0.25) is 4.79 Å². The summed E-state index contributed by atoms with van der Waals surface area (Å²) in [5.41, 5.74) is 1.81. The van der Waals surface area contributed by atoms with Crippen molar-refractivity contribution in [2.75, 3.05) is 19.5 Å². The van der Waals surface area contributed by atoms with Gasteiger partial charge in [0.05, 0.1) is 19.9 Å². The van der Waals surface area contributed by atoms with Gasteiger partial charge in [0, 0.05) is 16.7 Å². The Morgan fingerprint density at radius 1 is 1.12 bits per heavy atom. The molecule has 1 aromatic heterocycles. The van der Waals surface area contributed by atoms with E-state index in [4.69, 9.17) is 21.1 Å². The molecule has 0 bridgehead atoms. The zero-order chi connectivity index (χ0) is 17.8. The Kier molecular flexibility index (Phi) is 5.16. The van der Waals surface area contributed by atoms with Gasteiger partial charge in [-0.2, -0.15) is 0 Å². The summed E-state index contributed by atoms with van der Waals surface area (Å²) < 4.78 is 14.4. The van der Waals surface area contributed by atoms with Gasteiger partial charge < -0.3 is 14.8 Å². The highest BCUT2D eigenvalue weighted by molar-refractivity contribution is 7.08. The molecule has 0 fully saturated rings. The Morgan fingerprint density at radius 2 is 1.88 bits per heavy atom. The van der Waals surface area contributed by atoms with Crippen molar-refractivity contribution in [1.29, 1.82) is 0 Å². The summed E-state index contributed by atoms with van der Waals surface area (Å²) in [5, 5.41) is 7.50. The van der Waals surface area contributed by atoms with Gasteiger partial charge in [-0.15, -0.1) is 5.10 Å². The fraction of sp³-hybridized carbons (Fsp3) is 0.118. The molecule has 1 amide bonds. The van der Waals surface area contributed by atoms with Crippen LogP contribution in [0.25, 0.3) is 11.3 Å². The molecule has 0 aliphatic carbocycles. The highest BCUT2D eigenvalue weighted by atomic mass is 35.5. The molecular weight excluding hydrogens is 362 g/mol. The van der Waals surface area contributed by atoms with Gasteiger partial charge in [0.25, 0.3) is 5.91 Å². The molecule has 3 rings (SSSR count). The minimum absolute atomic E-state index is 0.316. The van der Waals surface area contributed by atoms with Crippen LogP contribution in [0.1, 0.15) is 9.67 Å². The fourth-order valence-corrected chi connectivity index (χ4v) is 2.93. The predicted octanol–water partition coefficient (Wildman–Crippen LogP) is 4.13. The van der Waals surface area contributed by atoms with Gasteiger partial charge >= 0.3 is 0 Å². The first-order valence-corrected chi connectivity index (χ1v) is 8.39. The molecule has 6 nitrogen and oxygen atoms in total. The van der Waals surface area contributed by atoms with Crippen LogP contribution >= 0.6 is 23.1 Å². The van der Waals surface area contributed by atoms with Crippen molar-refractivity contribution in [3.05, 3.63) is 52.4 Å². The Bertz CT molecular complexity index is 896. The summed E-state index contributed by atoms with van der Waals surface area (Å²) in [6.45, 7) is 0. The molecule has 128 valence electrons.